The van der Waals surface area contributed by atoms with Crippen LogP contribution in [-0.4, -0.2) is 0 Å². The van der Waals surface area contributed by atoms with Gasteiger partial charge in [0.25, 0.3) is 0 Å². The third-order valence-corrected chi connectivity index (χ3v) is 11.7. The van der Waals surface area contributed by atoms with Gasteiger partial charge in [-0.1, -0.05) is 172 Å². The van der Waals surface area contributed by atoms with E-state index in [1.807, 2.05) is 0 Å². The van der Waals surface area contributed by atoms with Gasteiger partial charge in [0.1, 0.15) is 0 Å². The van der Waals surface area contributed by atoms with Crippen LogP contribution in [-0.2, 0) is 5.41 Å². The molecule has 10 aromatic carbocycles. The number of benzene rings is 10. The molecule has 0 radical (unpaired) electrons. The first-order valence-corrected chi connectivity index (χ1v) is 18.0. The molecular formula is C51H34. The van der Waals surface area contributed by atoms with Crippen molar-refractivity contribution < 1.29 is 0 Å². The summed E-state index contributed by atoms with van der Waals surface area (Å²) < 4.78 is 0. The Bertz CT molecular complexity index is 3050. The molecule has 0 aliphatic heterocycles. The summed E-state index contributed by atoms with van der Waals surface area (Å²) in [5, 5.41) is 15.5. The molecule has 0 spiro atoms. The predicted octanol–water partition coefficient (Wildman–Crippen LogP) is 14.2. The molecule has 0 heterocycles. The SMILES string of the molecule is CC1(C)c2c(cccc2-c2c3ccccc3c(-c3cccc4c3ccc3cc5ccccc5cc34)c3ccccc23)-c2ccc3ccccc3c21. The Morgan fingerprint density at radius 1 is 0.275 bits per heavy atom. The van der Waals surface area contributed by atoms with Crippen molar-refractivity contribution in [3.05, 3.63) is 181 Å². The van der Waals surface area contributed by atoms with Crippen molar-refractivity contribution in [2.45, 2.75) is 19.3 Å². The van der Waals surface area contributed by atoms with Gasteiger partial charge in [-0.25, -0.2) is 0 Å². The highest BCUT2D eigenvalue weighted by atomic mass is 14.4. The Morgan fingerprint density at radius 2 is 0.765 bits per heavy atom. The van der Waals surface area contributed by atoms with E-state index in [4.69, 9.17) is 0 Å². The van der Waals surface area contributed by atoms with Gasteiger partial charge in [-0.2, -0.15) is 0 Å². The molecule has 0 bridgehead atoms. The monoisotopic (exact) mass is 646 g/mol. The van der Waals surface area contributed by atoms with Gasteiger partial charge in [0.05, 0.1) is 0 Å². The van der Waals surface area contributed by atoms with Gasteiger partial charge in [0.15, 0.2) is 0 Å². The van der Waals surface area contributed by atoms with Gasteiger partial charge in [-0.15, -0.1) is 0 Å². The summed E-state index contributed by atoms with van der Waals surface area (Å²) in [6, 6.07) is 63.6. The summed E-state index contributed by atoms with van der Waals surface area (Å²) in [6.45, 7) is 4.85. The average molecular weight is 647 g/mol. The molecule has 11 rings (SSSR count). The van der Waals surface area contributed by atoms with Crippen LogP contribution in [0.4, 0.5) is 0 Å². The van der Waals surface area contributed by atoms with Gasteiger partial charge < -0.3 is 0 Å². The molecule has 0 amide bonds. The molecule has 0 nitrogen and oxygen atoms in total. The minimum atomic E-state index is -0.177. The molecule has 51 heavy (non-hydrogen) atoms. The third-order valence-electron chi connectivity index (χ3n) is 11.7. The van der Waals surface area contributed by atoms with Crippen LogP contribution in [0.2, 0.25) is 0 Å². The van der Waals surface area contributed by atoms with E-state index in [0.717, 1.165) is 0 Å². The lowest BCUT2D eigenvalue weighted by Gasteiger charge is -2.27. The first-order chi connectivity index (χ1) is 25.1. The highest BCUT2D eigenvalue weighted by Gasteiger charge is 2.39. The maximum Gasteiger partial charge on any atom is 0.0171 e. The van der Waals surface area contributed by atoms with Crippen LogP contribution in [0.25, 0.3) is 98.0 Å². The van der Waals surface area contributed by atoms with E-state index >= 15 is 0 Å². The summed E-state index contributed by atoms with van der Waals surface area (Å²) in [7, 11) is 0. The molecule has 0 aromatic heterocycles. The topological polar surface area (TPSA) is 0 Å². The first-order valence-electron chi connectivity index (χ1n) is 18.0. The zero-order valence-corrected chi connectivity index (χ0v) is 28.7. The molecule has 1 aliphatic carbocycles. The van der Waals surface area contributed by atoms with Gasteiger partial charge in [-0.3, -0.25) is 0 Å². The van der Waals surface area contributed by atoms with Crippen molar-refractivity contribution in [1.29, 1.82) is 0 Å². The van der Waals surface area contributed by atoms with E-state index in [1.54, 1.807) is 0 Å². The molecule has 0 atom stereocenters. The van der Waals surface area contributed by atoms with Gasteiger partial charge >= 0.3 is 0 Å². The lowest BCUT2D eigenvalue weighted by Crippen LogP contribution is -2.17. The molecular weight excluding hydrogens is 613 g/mol. The Morgan fingerprint density at radius 3 is 1.47 bits per heavy atom. The Balaban J connectivity index is 1.23. The van der Waals surface area contributed by atoms with E-state index in [9.17, 15) is 0 Å². The van der Waals surface area contributed by atoms with E-state index in [-0.39, 0.29) is 5.41 Å². The van der Waals surface area contributed by atoms with Crippen LogP contribution in [0.3, 0.4) is 0 Å². The number of hydrogen-bond donors (Lipinski definition) is 0. The summed E-state index contributed by atoms with van der Waals surface area (Å²) in [5.41, 5.74) is 10.6. The Kier molecular flexibility index (Phi) is 5.82. The first kappa shape index (κ1) is 28.6. The van der Waals surface area contributed by atoms with Gasteiger partial charge in [-0.05, 0) is 121 Å². The quantitative estimate of drug-likeness (QED) is 0.129. The van der Waals surface area contributed by atoms with E-state index in [2.05, 4.69) is 184 Å². The zero-order valence-electron chi connectivity index (χ0n) is 28.7. The van der Waals surface area contributed by atoms with Crippen molar-refractivity contribution in [1.82, 2.24) is 0 Å². The van der Waals surface area contributed by atoms with Crippen LogP contribution in [0, 0.1) is 0 Å². The molecule has 0 heteroatoms. The maximum atomic E-state index is 2.43. The Hall–Kier alpha value is -6.24. The minimum absolute atomic E-state index is 0.177. The fourth-order valence-corrected chi connectivity index (χ4v) is 9.66. The number of fused-ring (bicyclic) bond motifs is 11. The van der Waals surface area contributed by atoms with Crippen LogP contribution in [0.1, 0.15) is 25.0 Å². The molecule has 238 valence electrons. The summed E-state index contributed by atoms with van der Waals surface area (Å²) in [4.78, 5) is 0. The smallest absolute Gasteiger partial charge is 0.0171 e. The molecule has 1 aliphatic rings. The van der Waals surface area contributed by atoms with Crippen molar-refractivity contribution in [2.24, 2.45) is 0 Å². The zero-order chi connectivity index (χ0) is 33.8. The van der Waals surface area contributed by atoms with Crippen molar-refractivity contribution in [3.63, 3.8) is 0 Å². The second-order valence-electron chi connectivity index (χ2n) is 14.8. The second kappa shape index (κ2) is 10.4. The predicted molar refractivity (Wildman–Crippen MR) is 220 cm³/mol. The van der Waals surface area contributed by atoms with Gasteiger partial charge in [0.2, 0.25) is 0 Å². The molecule has 0 unspecified atom stereocenters. The fraction of sp³-hybridized carbons (Fsp3) is 0.0588. The van der Waals surface area contributed by atoms with E-state index < -0.39 is 0 Å². The second-order valence-corrected chi connectivity index (χ2v) is 14.8. The Labute approximate surface area is 297 Å². The normalized spacial score (nSPS) is 13.5. The highest BCUT2D eigenvalue weighted by Crippen LogP contribution is 2.56. The molecule has 0 saturated carbocycles. The average Bonchev–Trinajstić information content (AvgIpc) is 3.42. The van der Waals surface area contributed by atoms with Gasteiger partial charge in [0, 0.05) is 5.41 Å². The van der Waals surface area contributed by atoms with Crippen molar-refractivity contribution in [3.8, 4) is 33.4 Å². The molecule has 10 aromatic rings. The van der Waals surface area contributed by atoms with E-state index in [1.165, 1.54) is 109 Å². The molecule has 0 saturated heterocycles. The molecule has 0 N–H and O–H groups in total. The van der Waals surface area contributed by atoms with Crippen LogP contribution < -0.4 is 0 Å². The van der Waals surface area contributed by atoms with Crippen LogP contribution in [0.15, 0.2) is 170 Å². The summed E-state index contributed by atoms with van der Waals surface area (Å²) in [5.74, 6) is 0. The summed E-state index contributed by atoms with van der Waals surface area (Å²) >= 11 is 0. The van der Waals surface area contributed by atoms with Crippen LogP contribution >= 0.6 is 0 Å². The lowest BCUT2D eigenvalue weighted by atomic mass is 9.75. The highest BCUT2D eigenvalue weighted by molar-refractivity contribution is 6.25. The van der Waals surface area contributed by atoms with Crippen molar-refractivity contribution in [2.75, 3.05) is 0 Å². The maximum absolute atomic E-state index is 2.43. The minimum Gasteiger partial charge on any atom is -0.0616 e. The fourth-order valence-electron chi connectivity index (χ4n) is 9.66. The standard InChI is InChI=1S/C51H34/c1-51(2)49-35-16-6-5-13-31(35)25-28-44(49)43-23-12-24-45(50(43)51)48-41-19-9-7-17-39(41)47(40-18-8-10-20-42(40)48)38-22-11-21-36-37(38)27-26-34-29-32-14-3-4-15-33(32)30-46(34)36/h3-30H,1-2H3. The summed E-state index contributed by atoms with van der Waals surface area (Å²) in [6.07, 6.45) is 0. The number of rotatable bonds is 2. The van der Waals surface area contributed by atoms with Crippen LogP contribution in [0.5, 0.6) is 0 Å². The third kappa shape index (κ3) is 3.91. The van der Waals surface area contributed by atoms with E-state index in [0.29, 0.717) is 0 Å². The van der Waals surface area contributed by atoms with Crippen molar-refractivity contribution >= 4 is 64.6 Å². The lowest BCUT2D eigenvalue weighted by molar-refractivity contribution is 0.668. The molecule has 0 fully saturated rings. The number of hydrogen-bond acceptors (Lipinski definition) is 0. The largest absolute Gasteiger partial charge is 0.0616 e.